The van der Waals surface area contributed by atoms with Crippen LogP contribution in [0.5, 0.6) is 5.75 Å². The number of nitrogens with zero attached hydrogens (tertiary/aromatic N) is 2. The topological polar surface area (TPSA) is 55.0 Å². The fraction of sp³-hybridized carbons (Fsp3) is 0.238. The Morgan fingerprint density at radius 3 is 2.93 bits per heavy atom. The second kappa shape index (κ2) is 8.67. The van der Waals surface area contributed by atoms with E-state index in [9.17, 15) is 4.79 Å². The number of thioether (sulfide) groups is 1. The number of hydrogen-bond donors (Lipinski definition) is 0. The van der Waals surface area contributed by atoms with E-state index >= 15 is 0 Å². The molecule has 3 aromatic rings. The van der Waals surface area contributed by atoms with E-state index in [4.69, 9.17) is 9.15 Å². The molecule has 144 valence electrons. The van der Waals surface area contributed by atoms with E-state index in [0.717, 1.165) is 27.7 Å². The maximum atomic E-state index is 12.9. The zero-order valence-corrected chi connectivity index (χ0v) is 17.0. The number of rotatable bonds is 7. The van der Waals surface area contributed by atoms with E-state index in [0.29, 0.717) is 17.9 Å². The molecule has 5 nitrogen and oxygen atoms in total. The summed E-state index contributed by atoms with van der Waals surface area (Å²) in [6, 6.07) is 15.5. The number of ether oxygens (including phenoxy) is 1. The highest BCUT2D eigenvalue weighted by atomic mass is 32.2. The Morgan fingerprint density at radius 2 is 2.18 bits per heavy atom. The van der Waals surface area contributed by atoms with Gasteiger partial charge in [0, 0.05) is 17.7 Å². The number of hydrazone groups is 1. The summed E-state index contributed by atoms with van der Waals surface area (Å²) in [5.74, 6) is 2.63. The molecule has 1 amide bonds. The SMILES string of the molecule is COc1ccccc1CSCC(=O)N1N=C(c2cccs2)CC1c1ccco1. The fourth-order valence-corrected chi connectivity index (χ4v) is 4.76. The zero-order chi connectivity index (χ0) is 19.3. The van der Waals surface area contributed by atoms with Gasteiger partial charge in [-0.15, -0.1) is 23.1 Å². The Balaban J connectivity index is 1.46. The van der Waals surface area contributed by atoms with Crippen molar-refractivity contribution in [3.05, 3.63) is 76.4 Å². The van der Waals surface area contributed by atoms with Crippen molar-refractivity contribution >= 4 is 34.7 Å². The van der Waals surface area contributed by atoms with Crippen LogP contribution in [0.4, 0.5) is 0 Å². The third-order valence-electron chi connectivity index (χ3n) is 4.52. The molecule has 0 aliphatic carbocycles. The highest BCUT2D eigenvalue weighted by Gasteiger charge is 2.34. The normalized spacial score (nSPS) is 16.2. The first-order valence-electron chi connectivity index (χ1n) is 8.92. The van der Waals surface area contributed by atoms with Gasteiger partial charge in [0.05, 0.1) is 29.7 Å². The Labute approximate surface area is 172 Å². The van der Waals surface area contributed by atoms with Crippen LogP contribution >= 0.6 is 23.1 Å². The number of carbonyl (C=O) groups excluding carboxylic acids is 1. The van der Waals surface area contributed by atoms with Gasteiger partial charge in [0.2, 0.25) is 0 Å². The standard InChI is InChI=1S/C21H20N2O3S2/c1-25-18-7-3-2-6-15(18)13-27-14-21(24)23-17(19-8-4-10-26-19)12-16(22-23)20-9-5-11-28-20/h2-11,17H,12-14H2,1H3. The van der Waals surface area contributed by atoms with Crippen LogP contribution in [0, 0.1) is 0 Å². The van der Waals surface area contributed by atoms with Gasteiger partial charge in [0.15, 0.2) is 0 Å². The Bertz CT molecular complexity index is 952. The number of benzene rings is 1. The van der Waals surface area contributed by atoms with E-state index in [2.05, 4.69) is 5.10 Å². The second-order valence-electron chi connectivity index (χ2n) is 6.30. The number of thiophene rings is 1. The van der Waals surface area contributed by atoms with E-state index < -0.39 is 0 Å². The molecular weight excluding hydrogens is 392 g/mol. The van der Waals surface area contributed by atoms with Crippen LogP contribution in [0.2, 0.25) is 0 Å². The summed E-state index contributed by atoms with van der Waals surface area (Å²) in [5, 5.41) is 8.25. The minimum absolute atomic E-state index is 0.0205. The van der Waals surface area contributed by atoms with E-state index in [1.165, 1.54) is 0 Å². The van der Waals surface area contributed by atoms with Gasteiger partial charge in [-0.25, -0.2) is 5.01 Å². The van der Waals surface area contributed by atoms with Crippen molar-refractivity contribution in [3.63, 3.8) is 0 Å². The fourth-order valence-electron chi connectivity index (χ4n) is 3.17. The van der Waals surface area contributed by atoms with Gasteiger partial charge in [-0.3, -0.25) is 4.79 Å². The molecule has 0 saturated heterocycles. The lowest BCUT2D eigenvalue weighted by atomic mass is 10.1. The van der Waals surface area contributed by atoms with Gasteiger partial charge < -0.3 is 9.15 Å². The lowest BCUT2D eigenvalue weighted by molar-refractivity contribution is -0.130. The third kappa shape index (κ3) is 4.00. The zero-order valence-electron chi connectivity index (χ0n) is 15.4. The molecule has 0 radical (unpaired) electrons. The van der Waals surface area contributed by atoms with Crippen molar-refractivity contribution in [1.82, 2.24) is 5.01 Å². The quantitative estimate of drug-likeness (QED) is 0.550. The molecule has 1 unspecified atom stereocenters. The number of hydrogen-bond acceptors (Lipinski definition) is 6. The lowest BCUT2D eigenvalue weighted by Gasteiger charge is -2.19. The molecule has 0 fully saturated rings. The van der Waals surface area contributed by atoms with Gasteiger partial charge in [-0.05, 0) is 29.6 Å². The first kappa shape index (κ1) is 18.8. The summed E-state index contributed by atoms with van der Waals surface area (Å²) in [5.41, 5.74) is 2.01. The minimum Gasteiger partial charge on any atom is -0.496 e. The summed E-state index contributed by atoms with van der Waals surface area (Å²) >= 11 is 3.19. The minimum atomic E-state index is -0.188. The molecular formula is C21H20N2O3S2. The summed E-state index contributed by atoms with van der Waals surface area (Å²) < 4.78 is 11.0. The first-order valence-corrected chi connectivity index (χ1v) is 11.0. The maximum absolute atomic E-state index is 12.9. The predicted molar refractivity (Wildman–Crippen MR) is 113 cm³/mol. The van der Waals surface area contributed by atoms with E-state index in [1.54, 1.807) is 41.5 Å². The van der Waals surface area contributed by atoms with Gasteiger partial charge in [-0.1, -0.05) is 24.3 Å². The van der Waals surface area contributed by atoms with E-state index in [-0.39, 0.29) is 11.9 Å². The van der Waals surface area contributed by atoms with Crippen LogP contribution in [-0.4, -0.2) is 29.5 Å². The summed E-state index contributed by atoms with van der Waals surface area (Å²) in [6.07, 6.45) is 2.30. The molecule has 1 atom stereocenters. The van der Waals surface area contributed by atoms with Crippen LogP contribution in [0.25, 0.3) is 0 Å². The van der Waals surface area contributed by atoms with Gasteiger partial charge >= 0.3 is 0 Å². The highest BCUT2D eigenvalue weighted by Crippen LogP contribution is 2.34. The molecule has 28 heavy (non-hydrogen) atoms. The Hall–Kier alpha value is -2.51. The molecule has 0 saturated carbocycles. The average molecular weight is 413 g/mol. The van der Waals surface area contributed by atoms with Crippen LogP contribution in [-0.2, 0) is 10.5 Å². The van der Waals surface area contributed by atoms with Crippen molar-refractivity contribution in [2.45, 2.75) is 18.2 Å². The molecule has 0 bridgehead atoms. The average Bonchev–Trinajstić information content (AvgIpc) is 3.48. The van der Waals surface area contributed by atoms with Gasteiger partial charge in [0.25, 0.3) is 5.91 Å². The van der Waals surface area contributed by atoms with Crippen LogP contribution in [0.1, 0.15) is 28.7 Å². The molecule has 1 aliphatic rings. The number of furan rings is 1. The maximum Gasteiger partial charge on any atom is 0.253 e. The Morgan fingerprint density at radius 1 is 1.29 bits per heavy atom. The van der Waals surface area contributed by atoms with Gasteiger partial charge in [0.1, 0.15) is 17.6 Å². The van der Waals surface area contributed by atoms with Crippen LogP contribution < -0.4 is 4.74 Å². The third-order valence-corrected chi connectivity index (χ3v) is 6.40. The van der Waals surface area contributed by atoms with Crippen molar-refractivity contribution in [2.24, 2.45) is 5.10 Å². The highest BCUT2D eigenvalue weighted by molar-refractivity contribution is 7.99. The number of carbonyl (C=O) groups is 1. The number of methoxy groups -OCH3 is 1. The monoisotopic (exact) mass is 412 g/mol. The molecule has 4 rings (SSSR count). The van der Waals surface area contributed by atoms with Crippen LogP contribution in [0.15, 0.2) is 69.7 Å². The smallest absolute Gasteiger partial charge is 0.253 e. The lowest BCUT2D eigenvalue weighted by Crippen LogP contribution is -2.28. The summed E-state index contributed by atoms with van der Waals surface area (Å²) in [7, 11) is 1.66. The molecule has 3 heterocycles. The van der Waals surface area contributed by atoms with Crippen molar-refractivity contribution in [2.75, 3.05) is 12.9 Å². The van der Waals surface area contributed by atoms with Crippen molar-refractivity contribution in [1.29, 1.82) is 0 Å². The molecule has 1 aliphatic heterocycles. The Kier molecular flexibility index (Phi) is 5.83. The summed E-state index contributed by atoms with van der Waals surface area (Å²) in [4.78, 5) is 14.0. The largest absolute Gasteiger partial charge is 0.496 e. The van der Waals surface area contributed by atoms with Gasteiger partial charge in [-0.2, -0.15) is 5.10 Å². The first-order chi connectivity index (χ1) is 13.8. The van der Waals surface area contributed by atoms with Crippen molar-refractivity contribution < 1.29 is 13.9 Å². The molecule has 2 aromatic heterocycles. The second-order valence-corrected chi connectivity index (χ2v) is 8.24. The number of amides is 1. The van der Waals surface area contributed by atoms with Crippen molar-refractivity contribution in [3.8, 4) is 5.75 Å². The molecule has 0 spiro atoms. The van der Waals surface area contributed by atoms with Crippen LogP contribution in [0.3, 0.4) is 0 Å². The summed E-state index contributed by atoms with van der Waals surface area (Å²) in [6.45, 7) is 0. The molecule has 1 aromatic carbocycles. The number of para-hydroxylation sites is 1. The van der Waals surface area contributed by atoms with E-state index in [1.807, 2.05) is 53.9 Å². The molecule has 7 heteroatoms. The predicted octanol–water partition coefficient (Wildman–Crippen LogP) is 4.96. The molecule has 0 N–H and O–H groups in total.